The van der Waals surface area contributed by atoms with Crippen molar-refractivity contribution in [1.29, 1.82) is 0 Å². The van der Waals surface area contributed by atoms with Crippen LogP contribution in [0.5, 0.6) is 0 Å². The fourth-order valence-corrected chi connectivity index (χ4v) is 6.30. The number of hydrogen-bond acceptors (Lipinski definition) is 4. The highest BCUT2D eigenvalue weighted by Crippen LogP contribution is 2.41. The monoisotopic (exact) mass is 575 g/mol. The first-order chi connectivity index (χ1) is 22.3. The summed E-state index contributed by atoms with van der Waals surface area (Å²) in [7, 11) is 0. The van der Waals surface area contributed by atoms with Crippen LogP contribution in [0.3, 0.4) is 0 Å². The van der Waals surface area contributed by atoms with Crippen LogP contribution in [0.1, 0.15) is 0 Å². The molecular weight excluding hydrogens is 550 g/mol. The van der Waals surface area contributed by atoms with E-state index in [2.05, 4.69) is 109 Å². The van der Waals surface area contributed by atoms with E-state index in [1.54, 1.807) is 0 Å². The molecule has 4 nitrogen and oxygen atoms in total. The van der Waals surface area contributed by atoms with Gasteiger partial charge in [-0.25, -0.2) is 15.0 Å². The van der Waals surface area contributed by atoms with E-state index < -0.39 is 0 Å². The molecule has 2 aromatic heterocycles. The molecule has 0 atom stereocenters. The Morgan fingerprint density at radius 3 is 1.84 bits per heavy atom. The van der Waals surface area contributed by atoms with Crippen molar-refractivity contribution in [3.63, 3.8) is 0 Å². The molecule has 0 aliphatic carbocycles. The average Bonchev–Trinajstić information content (AvgIpc) is 3.50. The van der Waals surface area contributed by atoms with Crippen LogP contribution in [-0.4, -0.2) is 15.0 Å². The lowest BCUT2D eigenvalue weighted by atomic mass is 9.94. The van der Waals surface area contributed by atoms with Crippen LogP contribution in [0.25, 0.3) is 88.8 Å². The minimum absolute atomic E-state index is 0.612. The second-order valence-electron chi connectivity index (χ2n) is 11.3. The van der Waals surface area contributed by atoms with Crippen molar-refractivity contribution in [2.24, 2.45) is 0 Å². The van der Waals surface area contributed by atoms with Crippen LogP contribution in [0, 0.1) is 0 Å². The molecule has 0 bridgehead atoms. The quantitative estimate of drug-likeness (QED) is 0.209. The van der Waals surface area contributed by atoms with Crippen molar-refractivity contribution in [1.82, 2.24) is 15.0 Å². The van der Waals surface area contributed by atoms with Gasteiger partial charge in [0.2, 0.25) is 0 Å². The summed E-state index contributed by atoms with van der Waals surface area (Å²) in [6.07, 6.45) is 0. The zero-order valence-corrected chi connectivity index (χ0v) is 24.2. The molecular formula is C41H25N3O. The fraction of sp³-hybridized carbons (Fsp3) is 0. The number of fused-ring (bicyclic) bond motifs is 5. The Balaban J connectivity index is 1.34. The molecule has 2 heterocycles. The SMILES string of the molecule is c1ccc(-c2nc(-c3ccc4ccccc4c3)nc(-c3cc(-c4cccc5ccccc45)c4oc5ccccc5c4c3)n2)cc1. The molecule has 0 unspecified atom stereocenters. The van der Waals surface area contributed by atoms with Crippen molar-refractivity contribution in [3.05, 3.63) is 152 Å². The van der Waals surface area contributed by atoms with Crippen LogP contribution in [0.2, 0.25) is 0 Å². The van der Waals surface area contributed by atoms with Gasteiger partial charge in [0.15, 0.2) is 17.5 Å². The van der Waals surface area contributed by atoms with Gasteiger partial charge < -0.3 is 4.42 Å². The molecule has 4 heteroatoms. The van der Waals surface area contributed by atoms with Gasteiger partial charge in [-0.15, -0.1) is 0 Å². The van der Waals surface area contributed by atoms with Crippen LogP contribution in [-0.2, 0) is 0 Å². The first-order valence-corrected chi connectivity index (χ1v) is 15.0. The van der Waals surface area contributed by atoms with Crippen molar-refractivity contribution >= 4 is 43.5 Å². The molecule has 210 valence electrons. The zero-order valence-electron chi connectivity index (χ0n) is 24.2. The minimum Gasteiger partial charge on any atom is -0.455 e. The Labute approximate surface area is 259 Å². The highest BCUT2D eigenvalue weighted by Gasteiger charge is 2.19. The molecule has 0 aliphatic heterocycles. The van der Waals surface area contributed by atoms with E-state index in [1.165, 1.54) is 10.8 Å². The molecule has 0 radical (unpaired) electrons. The van der Waals surface area contributed by atoms with E-state index in [-0.39, 0.29) is 0 Å². The molecule has 9 aromatic rings. The van der Waals surface area contributed by atoms with Gasteiger partial charge in [-0.05, 0) is 51.4 Å². The van der Waals surface area contributed by atoms with Crippen molar-refractivity contribution in [2.45, 2.75) is 0 Å². The molecule has 0 N–H and O–H groups in total. The van der Waals surface area contributed by atoms with Gasteiger partial charge in [-0.1, -0.05) is 127 Å². The number of para-hydroxylation sites is 1. The largest absolute Gasteiger partial charge is 0.455 e. The summed E-state index contributed by atoms with van der Waals surface area (Å²) in [5.41, 5.74) is 6.59. The summed E-state index contributed by atoms with van der Waals surface area (Å²) in [5, 5.41) is 6.74. The molecule has 0 saturated carbocycles. The molecule has 0 saturated heterocycles. The maximum absolute atomic E-state index is 6.55. The molecule has 0 aliphatic rings. The maximum atomic E-state index is 6.55. The highest BCUT2D eigenvalue weighted by molar-refractivity contribution is 6.13. The van der Waals surface area contributed by atoms with E-state index in [0.29, 0.717) is 17.5 Å². The van der Waals surface area contributed by atoms with Crippen LogP contribution in [0.4, 0.5) is 0 Å². The Hall–Kier alpha value is -6.13. The van der Waals surface area contributed by atoms with Crippen LogP contribution >= 0.6 is 0 Å². The minimum atomic E-state index is 0.612. The molecule has 0 fully saturated rings. The number of hydrogen-bond donors (Lipinski definition) is 0. The van der Waals surface area contributed by atoms with Crippen LogP contribution in [0.15, 0.2) is 156 Å². The smallest absolute Gasteiger partial charge is 0.164 e. The zero-order chi connectivity index (χ0) is 29.7. The van der Waals surface area contributed by atoms with E-state index >= 15 is 0 Å². The molecule has 9 rings (SSSR count). The topological polar surface area (TPSA) is 51.8 Å². The summed E-state index contributed by atoms with van der Waals surface area (Å²) >= 11 is 0. The number of nitrogens with zero attached hydrogens (tertiary/aromatic N) is 3. The van der Waals surface area contributed by atoms with Crippen molar-refractivity contribution in [2.75, 3.05) is 0 Å². The van der Waals surface area contributed by atoms with Crippen molar-refractivity contribution in [3.8, 4) is 45.3 Å². The third-order valence-corrected chi connectivity index (χ3v) is 8.49. The maximum Gasteiger partial charge on any atom is 0.164 e. The Morgan fingerprint density at radius 1 is 0.356 bits per heavy atom. The Morgan fingerprint density at radius 2 is 1.00 bits per heavy atom. The van der Waals surface area contributed by atoms with Gasteiger partial charge in [-0.3, -0.25) is 0 Å². The Kier molecular flexibility index (Phi) is 5.78. The van der Waals surface area contributed by atoms with Gasteiger partial charge in [0.25, 0.3) is 0 Å². The fourth-order valence-electron chi connectivity index (χ4n) is 6.30. The summed E-state index contributed by atoms with van der Waals surface area (Å²) in [6, 6.07) is 52.2. The van der Waals surface area contributed by atoms with Gasteiger partial charge in [0.05, 0.1) is 0 Å². The lowest BCUT2D eigenvalue weighted by molar-refractivity contribution is 0.670. The molecule has 0 amide bonds. The predicted octanol–water partition coefficient (Wildman–Crippen LogP) is 10.7. The third kappa shape index (κ3) is 4.35. The predicted molar refractivity (Wildman–Crippen MR) is 184 cm³/mol. The molecule has 45 heavy (non-hydrogen) atoms. The molecule has 0 spiro atoms. The van der Waals surface area contributed by atoms with E-state index in [1.807, 2.05) is 42.5 Å². The van der Waals surface area contributed by atoms with E-state index in [0.717, 1.165) is 60.5 Å². The number of furan rings is 1. The highest BCUT2D eigenvalue weighted by atomic mass is 16.3. The van der Waals surface area contributed by atoms with Gasteiger partial charge >= 0.3 is 0 Å². The number of aromatic nitrogens is 3. The lowest BCUT2D eigenvalue weighted by Gasteiger charge is -2.12. The van der Waals surface area contributed by atoms with Gasteiger partial charge in [0, 0.05) is 33.0 Å². The first kappa shape index (κ1) is 25.4. The Bertz CT molecular complexity index is 2540. The standard InChI is InChI=1S/C41H25N3O/c1-2-13-28(14-3-1)39-42-40(30-22-21-26-11-4-5-15-29(26)23-30)44-41(43-39)31-24-35(33-19-10-16-27-12-6-7-17-32(27)33)38-36(25-31)34-18-8-9-20-37(34)45-38/h1-25H. The van der Waals surface area contributed by atoms with Gasteiger partial charge in [0.1, 0.15) is 11.2 Å². The number of rotatable bonds is 4. The van der Waals surface area contributed by atoms with Crippen LogP contribution < -0.4 is 0 Å². The summed E-state index contributed by atoms with van der Waals surface area (Å²) in [5.74, 6) is 1.88. The molecule has 7 aromatic carbocycles. The van der Waals surface area contributed by atoms with Gasteiger partial charge in [-0.2, -0.15) is 0 Å². The normalized spacial score (nSPS) is 11.6. The second-order valence-corrected chi connectivity index (χ2v) is 11.3. The van der Waals surface area contributed by atoms with E-state index in [9.17, 15) is 0 Å². The summed E-state index contributed by atoms with van der Waals surface area (Å²) < 4.78 is 6.55. The average molecular weight is 576 g/mol. The van der Waals surface area contributed by atoms with E-state index in [4.69, 9.17) is 19.4 Å². The lowest BCUT2D eigenvalue weighted by Crippen LogP contribution is -2.00. The summed E-state index contributed by atoms with van der Waals surface area (Å²) in [4.78, 5) is 15.2. The second kappa shape index (κ2) is 10.2. The number of benzene rings is 7. The summed E-state index contributed by atoms with van der Waals surface area (Å²) in [6.45, 7) is 0. The third-order valence-electron chi connectivity index (χ3n) is 8.49. The van der Waals surface area contributed by atoms with Crippen molar-refractivity contribution < 1.29 is 4.42 Å². The first-order valence-electron chi connectivity index (χ1n) is 15.0.